The number of fused-ring (bicyclic) bond motifs is 2. The van der Waals surface area contributed by atoms with Crippen LogP contribution in [0.25, 0.3) is 0 Å². The molecule has 0 spiro atoms. The first-order chi connectivity index (χ1) is 21.7. The van der Waals surface area contributed by atoms with Crippen molar-refractivity contribution in [3.63, 3.8) is 0 Å². The molecule has 0 radical (unpaired) electrons. The number of ether oxygens (including phenoxy) is 2. The number of anilines is 1. The summed E-state index contributed by atoms with van der Waals surface area (Å²) < 4.78 is 11.6. The Morgan fingerprint density at radius 3 is 2.52 bits per heavy atom. The Hall–Kier alpha value is -2.06. The molecule has 0 amide bonds. The van der Waals surface area contributed by atoms with Gasteiger partial charge in [-0.25, -0.2) is 4.79 Å². The molecule has 0 aromatic heterocycles. The largest absolute Gasteiger partial charge is 0.487 e. The van der Waals surface area contributed by atoms with Crippen LogP contribution in [-0.4, -0.2) is 56.7 Å². The quantitative estimate of drug-likeness (QED) is 0.237. The van der Waals surface area contributed by atoms with E-state index < -0.39 is 14.2 Å². The number of carbonyl (C=O) groups excluding carboxylic acids is 1. The van der Waals surface area contributed by atoms with Crippen molar-refractivity contribution >= 4 is 31.3 Å². The normalized spacial score (nSPS) is 28.1. The van der Waals surface area contributed by atoms with Gasteiger partial charge in [-0.1, -0.05) is 58.5 Å². The summed E-state index contributed by atoms with van der Waals surface area (Å²) in [7, 11) is -0.365. The summed E-state index contributed by atoms with van der Waals surface area (Å²) in [4.78, 5) is 15.0. The van der Waals surface area contributed by atoms with Crippen LogP contribution >= 0.6 is 11.6 Å². The van der Waals surface area contributed by atoms with Crippen molar-refractivity contribution in [1.29, 1.82) is 0 Å². The van der Waals surface area contributed by atoms with Gasteiger partial charge in [-0.15, -0.1) is 0 Å². The smallest absolute Gasteiger partial charge is 0.337 e. The lowest BCUT2D eigenvalue weighted by atomic mass is 9.64. The minimum atomic E-state index is -1.78. The summed E-state index contributed by atoms with van der Waals surface area (Å²) >= 11 is 6.36. The summed E-state index contributed by atoms with van der Waals surface area (Å²) in [6.07, 6.45) is 5.89. The van der Waals surface area contributed by atoms with E-state index >= 15 is 0 Å². The van der Waals surface area contributed by atoms with Gasteiger partial charge in [0.2, 0.25) is 0 Å². The molecule has 5 rings (SSSR count). The van der Waals surface area contributed by atoms with E-state index in [1.165, 1.54) is 12.7 Å². The first-order valence-electron chi connectivity index (χ1n) is 17.4. The minimum absolute atomic E-state index is 0.120. The average molecular weight is 670 g/mol. The number of esters is 1. The molecule has 254 valence electrons. The summed E-state index contributed by atoms with van der Waals surface area (Å²) in [5.41, 5.74) is 4.22. The summed E-state index contributed by atoms with van der Waals surface area (Å²) in [6, 6.07) is 11.6. The van der Waals surface area contributed by atoms with Crippen LogP contribution in [0.2, 0.25) is 28.7 Å². The fourth-order valence-electron chi connectivity index (χ4n) is 8.23. The highest BCUT2D eigenvalue weighted by atomic mass is 35.5. The number of aliphatic hydroxyl groups is 2. The van der Waals surface area contributed by atoms with E-state index in [2.05, 4.69) is 57.8 Å². The number of hydrogen-bond donors (Lipinski definition) is 2. The summed E-state index contributed by atoms with van der Waals surface area (Å²) in [6.45, 7) is 16.3. The van der Waals surface area contributed by atoms with Crippen LogP contribution in [0.1, 0.15) is 87.7 Å². The van der Waals surface area contributed by atoms with Crippen molar-refractivity contribution in [3.05, 3.63) is 58.1 Å². The number of methoxy groups -OCH3 is 1. The van der Waals surface area contributed by atoms with Gasteiger partial charge < -0.3 is 24.6 Å². The molecule has 2 saturated carbocycles. The van der Waals surface area contributed by atoms with Gasteiger partial charge in [0.25, 0.3) is 0 Å². The summed E-state index contributed by atoms with van der Waals surface area (Å²) in [5, 5.41) is 24.2. The van der Waals surface area contributed by atoms with Crippen molar-refractivity contribution in [2.75, 3.05) is 25.1 Å². The summed E-state index contributed by atoms with van der Waals surface area (Å²) in [5.74, 6) is 1.28. The minimum Gasteiger partial charge on any atom is -0.487 e. The fourth-order valence-corrected chi connectivity index (χ4v) is 11.9. The molecule has 6 nitrogen and oxygen atoms in total. The lowest BCUT2D eigenvalue weighted by Crippen LogP contribution is -2.55. The Balaban J connectivity index is 1.41. The zero-order valence-electron chi connectivity index (χ0n) is 29.0. The topological polar surface area (TPSA) is 79.2 Å². The van der Waals surface area contributed by atoms with Crippen molar-refractivity contribution in [3.8, 4) is 5.75 Å². The highest BCUT2D eigenvalue weighted by Gasteiger charge is 2.53. The number of halogens is 1. The number of carbonyl (C=O) groups is 1. The molecule has 2 aromatic rings. The van der Waals surface area contributed by atoms with Crippen LogP contribution in [0.3, 0.4) is 0 Å². The first kappa shape index (κ1) is 35.2. The van der Waals surface area contributed by atoms with Crippen LogP contribution in [0.4, 0.5) is 5.69 Å². The van der Waals surface area contributed by atoms with E-state index in [-0.39, 0.29) is 34.9 Å². The molecule has 46 heavy (non-hydrogen) atoms. The second-order valence-corrected chi connectivity index (χ2v) is 22.2. The van der Waals surface area contributed by atoms with Crippen molar-refractivity contribution in [1.82, 2.24) is 0 Å². The lowest BCUT2D eigenvalue weighted by Gasteiger charge is -2.54. The van der Waals surface area contributed by atoms with Crippen LogP contribution in [-0.2, 0) is 17.8 Å². The molecule has 2 aromatic carbocycles. The third kappa shape index (κ3) is 7.33. The number of benzene rings is 2. The van der Waals surface area contributed by atoms with Crippen molar-refractivity contribution < 1.29 is 24.5 Å². The predicted molar refractivity (Wildman–Crippen MR) is 190 cm³/mol. The fraction of sp³-hybridized carbons (Fsp3) is 0.658. The molecule has 0 bridgehead atoms. The molecule has 2 N–H and O–H groups in total. The van der Waals surface area contributed by atoms with Crippen LogP contribution < -0.4 is 9.64 Å². The maximum absolute atomic E-state index is 12.6. The molecular formula is C38H56ClNO5Si. The second kappa shape index (κ2) is 14.2. The van der Waals surface area contributed by atoms with Gasteiger partial charge in [-0.05, 0) is 121 Å². The zero-order valence-corrected chi connectivity index (χ0v) is 30.8. The second-order valence-electron chi connectivity index (χ2n) is 16.0. The van der Waals surface area contributed by atoms with Gasteiger partial charge in [0.15, 0.2) is 0 Å². The Morgan fingerprint density at radius 2 is 1.85 bits per heavy atom. The van der Waals surface area contributed by atoms with E-state index in [0.29, 0.717) is 30.1 Å². The van der Waals surface area contributed by atoms with E-state index in [0.717, 1.165) is 73.6 Å². The first-order valence-corrected chi connectivity index (χ1v) is 20.9. The molecule has 8 heteroatoms. The Bertz CT molecular complexity index is 1380. The zero-order chi connectivity index (χ0) is 33.4. The highest BCUT2D eigenvalue weighted by Crippen LogP contribution is 2.56. The average Bonchev–Trinajstić information content (AvgIpc) is 3.02. The monoisotopic (exact) mass is 669 g/mol. The van der Waals surface area contributed by atoms with Crippen LogP contribution in [0.15, 0.2) is 36.4 Å². The van der Waals surface area contributed by atoms with E-state index in [1.54, 1.807) is 6.07 Å². The maximum atomic E-state index is 12.6. The lowest BCUT2D eigenvalue weighted by molar-refractivity contribution is -0.0600. The van der Waals surface area contributed by atoms with Gasteiger partial charge in [0.1, 0.15) is 12.4 Å². The SMILES string of the molecule is COC(=O)c1ccc2c(c1)N(C[C@@H]1CC[C@H]1[C@H](O)[C@H]1C[C@H](O)[C@H](C)CC1[Si](C)(C)C(C)(C)C)CCCCc1cc(Cl)ccc1CO2. The molecular weight excluding hydrogens is 614 g/mol. The van der Waals surface area contributed by atoms with Crippen molar-refractivity contribution in [2.45, 2.75) is 115 Å². The van der Waals surface area contributed by atoms with Gasteiger partial charge in [0, 0.05) is 18.1 Å². The number of hydrogen-bond acceptors (Lipinski definition) is 6. The van der Waals surface area contributed by atoms with Gasteiger partial charge >= 0.3 is 5.97 Å². The van der Waals surface area contributed by atoms with Gasteiger partial charge in [-0.2, -0.15) is 0 Å². The Labute approximate surface area is 282 Å². The van der Waals surface area contributed by atoms with Gasteiger partial charge in [0.05, 0.1) is 38.6 Å². The molecule has 2 fully saturated rings. The number of aliphatic hydroxyl groups excluding tert-OH is 2. The molecule has 1 unspecified atom stereocenters. The highest BCUT2D eigenvalue weighted by molar-refractivity contribution is 6.81. The molecule has 3 aliphatic rings. The van der Waals surface area contributed by atoms with Crippen LogP contribution in [0, 0.1) is 23.7 Å². The number of nitrogens with zero attached hydrogens (tertiary/aromatic N) is 1. The van der Waals surface area contributed by atoms with E-state index in [9.17, 15) is 15.0 Å². The van der Waals surface area contributed by atoms with Crippen LogP contribution in [0.5, 0.6) is 5.75 Å². The van der Waals surface area contributed by atoms with E-state index in [1.807, 2.05) is 18.2 Å². The molecule has 0 saturated heterocycles. The molecule has 2 aliphatic carbocycles. The molecule has 1 heterocycles. The van der Waals surface area contributed by atoms with Crippen molar-refractivity contribution in [2.24, 2.45) is 23.7 Å². The number of rotatable bonds is 6. The number of aryl methyl sites for hydroxylation is 1. The third-order valence-electron chi connectivity index (χ3n) is 12.4. The predicted octanol–water partition coefficient (Wildman–Crippen LogP) is 8.52. The van der Waals surface area contributed by atoms with Gasteiger partial charge in [-0.3, -0.25) is 0 Å². The molecule has 7 atom stereocenters. The maximum Gasteiger partial charge on any atom is 0.337 e. The van der Waals surface area contributed by atoms with E-state index in [4.69, 9.17) is 21.1 Å². The Morgan fingerprint density at radius 1 is 1.09 bits per heavy atom. The standard InChI is InChI=1S/C38H56ClNO5Si/c1-24-18-35(46(6,7)38(2,3)4)31(21-33(24)41)36(42)30-15-12-27(30)22-40-17-9-8-10-25-19-29(39)14-11-28(25)23-45-34-16-13-26(20-32(34)40)37(43)44-5/h11,13-14,16,19-20,24,27,30-31,33,35-36,41-42H,8-10,12,15,17-18,21-23H2,1-7H3/t24-,27+,30-,31+,33+,35?,36+/m1/s1. The Kier molecular flexibility index (Phi) is 10.9. The third-order valence-corrected chi connectivity index (χ3v) is 19.0. The molecule has 1 aliphatic heterocycles.